The molecule has 0 fully saturated rings. The molecule has 9 heteroatoms. The summed E-state index contributed by atoms with van der Waals surface area (Å²) in [5.41, 5.74) is 3.54. The third kappa shape index (κ3) is 6.53. The van der Waals surface area contributed by atoms with Gasteiger partial charge in [0.05, 0.1) is 6.21 Å². The second-order valence-corrected chi connectivity index (χ2v) is 7.02. The lowest BCUT2D eigenvalue weighted by molar-refractivity contribution is -0.139. The first-order valence-corrected chi connectivity index (χ1v) is 9.43. The number of ether oxygens (including phenoxy) is 1. The molecule has 2 aromatic carbocycles. The summed E-state index contributed by atoms with van der Waals surface area (Å²) in [6.45, 7) is 2.29. The third-order valence-electron chi connectivity index (χ3n) is 3.28. The van der Waals surface area contributed by atoms with Crippen molar-refractivity contribution in [2.45, 2.75) is 13.5 Å². The molecule has 2 amide bonds. The van der Waals surface area contributed by atoms with Crippen LogP contribution in [0, 0.1) is 0 Å². The van der Waals surface area contributed by atoms with Crippen molar-refractivity contribution in [3.05, 3.63) is 62.0 Å². The Morgan fingerprint density at radius 3 is 2.67 bits per heavy atom. The van der Waals surface area contributed by atoms with Gasteiger partial charge < -0.3 is 10.1 Å². The molecule has 0 aliphatic carbocycles. The van der Waals surface area contributed by atoms with E-state index in [4.69, 9.17) is 27.9 Å². The highest BCUT2D eigenvalue weighted by Gasteiger charge is 2.11. The van der Waals surface area contributed by atoms with Crippen LogP contribution < -0.4 is 15.5 Å². The highest BCUT2D eigenvalue weighted by Crippen LogP contribution is 2.25. The van der Waals surface area contributed by atoms with Crippen LogP contribution >= 0.6 is 39.1 Å². The standard InChI is InChI=1S/C18H16BrCl2N3O3/c1-2-22-17(25)18(26)24-23-9-12-7-13(19)4-6-16(12)27-10-11-3-5-14(20)8-15(11)21/h3-9H,2,10H2,1H3,(H,22,25)(H,24,26)/b23-9-. The first kappa shape index (κ1) is 21.2. The van der Waals surface area contributed by atoms with Crippen molar-refractivity contribution in [2.75, 3.05) is 6.54 Å². The van der Waals surface area contributed by atoms with Crippen LogP contribution in [0.15, 0.2) is 46.0 Å². The highest BCUT2D eigenvalue weighted by atomic mass is 79.9. The number of rotatable bonds is 6. The molecular formula is C18H16BrCl2N3O3. The van der Waals surface area contributed by atoms with Gasteiger partial charge in [0, 0.05) is 32.2 Å². The average molecular weight is 473 g/mol. The lowest BCUT2D eigenvalue weighted by Crippen LogP contribution is -2.37. The molecule has 0 heterocycles. The Bertz CT molecular complexity index is 875. The number of carbonyl (C=O) groups excluding carboxylic acids is 2. The van der Waals surface area contributed by atoms with Crippen LogP contribution in [0.5, 0.6) is 5.75 Å². The second kappa shape index (κ2) is 10.3. The largest absolute Gasteiger partial charge is 0.488 e. The number of halogens is 3. The molecule has 2 aromatic rings. The summed E-state index contributed by atoms with van der Waals surface area (Å²) in [6.07, 6.45) is 1.39. The van der Waals surface area contributed by atoms with E-state index in [0.717, 1.165) is 10.0 Å². The van der Waals surface area contributed by atoms with E-state index in [-0.39, 0.29) is 6.61 Å². The number of carbonyl (C=O) groups is 2. The van der Waals surface area contributed by atoms with Crippen molar-refractivity contribution < 1.29 is 14.3 Å². The van der Waals surface area contributed by atoms with E-state index in [2.05, 4.69) is 31.8 Å². The lowest BCUT2D eigenvalue weighted by Gasteiger charge is -2.11. The van der Waals surface area contributed by atoms with Crippen LogP contribution in [0.4, 0.5) is 0 Å². The van der Waals surface area contributed by atoms with Gasteiger partial charge in [-0.1, -0.05) is 45.2 Å². The SMILES string of the molecule is CCNC(=O)C(=O)N/N=C\c1cc(Br)ccc1OCc1ccc(Cl)cc1Cl. The van der Waals surface area contributed by atoms with Gasteiger partial charge in [0.15, 0.2) is 0 Å². The van der Waals surface area contributed by atoms with Gasteiger partial charge in [-0.15, -0.1) is 0 Å². The van der Waals surface area contributed by atoms with Crippen molar-refractivity contribution >= 4 is 57.2 Å². The fraction of sp³-hybridized carbons (Fsp3) is 0.167. The van der Waals surface area contributed by atoms with Gasteiger partial charge in [-0.05, 0) is 37.3 Å². The number of hydrogen-bond acceptors (Lipinski definition) is 4. The van der Waals surface area contributed by atoms with Gasteiger partial charge in [-0.25, -0.2) is 5.43 Å². The maximum absolute atomic E-state index is 11.5. The molecule has 0 spiro atoms. The number of benzene rings is 2. The topological polar surface area (TPSA) is 79.8 Å². The second-order valence-electron chi connectivity index (χ2n) is 5.27. The monoisotopic (exact) mass is 471 g/mol. The molecule has 142 valence electrons. The Balaban J connectivity index is 2.08. The molecular weight excluding hydrogens is 457 g/mol. The molecule has 0 saturated heterocycles. The molecule has 0 radical (unpaired) electrons. The normalized spacial score (nSPS) is 10.7. The Morgan fingerprint density at radius 1 is 1.19 bits per heavy atom. The summed E-state index contributed by atoms with van der Waals surface area (Å²) in [4.78, 5) is 22.9. The molecule has 0 aliphatic rings. The van der Waals surface area contributed by atoms with Crippen LogP contribution in [-0.4, -0.2) is 24.6 Å². The molecule has 2 N–H and O–H groups in total. The number of nitrogens with one attached hydrogen (secondary N) is 2. The first-order valence-electron chi connectivity index (χ1n) is 7.88. The number of hydrazone groups is 1. The van der Waals surface area contributed by atoms with Crippen molar-refractivity contribution in [3.63, 3.8) is 0 Å². The van der Waals surface area contributed by atoms with Crippen molar-refractivity contribution in [1.82, 2.24) is 10.7 Å². The number of nitrogens with zero attached hydrogens (tertiary/aromatic N) is 1. The Hall–Kier alpha value is -2.09. The molecule has 2 rings (SSSR count). The smallest absolute Gasteiger partial charge is 0.329 e. The molecule has 0 bridgehead atoms. The van der Waals surface area contributed by atoms with Crippen LogP contribution in [-0.2, 0) is 16.2 Å². The van der Waals surface area contributed by atoms with Gasteiger partial charge >= 0.3 is 11.8 Å². The molecule has 27 heavy (non-hydrogen) atoms. The fourth-order valence-corrected chi connectivity index (χ4v) is 2.84. The van der Waals surface area contributed by atoms with E-state index in [0.29, 0.717) is 27.9 Å². The molecule has 0 atom stereocenters. The zero-order chi connectivity index (χ0) is 19.8. The van der Waals surface area contributed by atoms with E-state index in [1.807, 2.05) is 6.07 Å². The van der Waals surface area contributed by atoms with Crippen molar-refractivity contribution in [1.29, 1.82) is 0 Å². The van der Waals surface area contributed by atoms with Crippen LogP contribution in [0.2, 0.25) is 10.0 Å². The van der Waals surface area contributed by atoms with Gasteiger partial charge in [-0.3, -0.25) is 9.59 Å². The summed E-state index contributed by atoms with van der Waals surface area (Å²) in [5, 5.41) is 7.23. The van der Waals surface area contributed by atoms with Gasteiger partial charge in [-0.2, -0.15) is 5.10 Å². The van der Waals surface area contributed by atoms with Gasteiger partial charge in [0.1, 0.15) is 12.4 Å². The fourth-order valence-electron chi connectivity index (χ4n) is 2.00. The van der Waals surface area contributed by atoms with Gasteiger partial charge in [0.25, 0.3) is 0 Å². The lowest BCUT2D eigenvalue weighted by atomic mass is 10.2. The maximum Gasteiger partial charge on any atom is 0.329 e. The third-order valence-corrected chi connectivity index (χ3v) is 4.36. The predicted octanol–water partition coefficient (Wildman–Crippen LogP) is 3.92. The molecule has 0 unspecified atom stereocenters. The summed E-state index contributed by atoms with van der Waals surface area (Å²) >= 11 is 15.4. The van der Waals surface area contributed by atoms with E-state index in [1.165, 1.54) is 6.21 Å². The zero-order valence-corrected chi connectivity index (χ0v) is 17.4. The minimum Gasteiger partial charge on any atom is -0.488 e. The molecule has 6 nitrogen and oxygen atoms in total. The minimum absolute atomic E-state index is 0.226. The van der Waals surface area contributed by atoms with Crippen LogP contribution in [0.25, 0.3) is 0 Å². The van der Waals surface area contributed by atoms with E-state index < -0.39 is 11.8 Å². The maximum atomic E-state index is 11.5. The molecule has 0 saturated carbocycles. The Labute approximate surface area is 175 Å². The van der Waals surface area contributed by atoms with Crippen molar-refractivity contribution in [3.8, 4) is 5.75 Å². The molecule has 0 aliphatic heterocycles. The summed E-state index contributed by atoms with van der Waals surface area (Å²) in [6, 6.07) is 10.5. The van der Waals surface area contributed by atoms with Gasteiger partial charge in [0.2, 0.25) is 0 Å². The first-order chi connectivity index (χ1) is 12.9. The average Bonchev–Trinajstić information content (AvgIpc) is 2.62. The Kier molecular flexibility index (Phi) is 8.09. The summed E-state index contributed by atoms with van der Waals surface area (Å²) < 4.78 is 6.61. The minimum atomic E-state index is -0.849. The summed E-state index contributed by atoms with van der Waals surface area (Å²) in [7, 11) is 0. The highest BCUT2D eigenvalue weighted by molar-refractivity contribution is 9.10. The molecule has 0 aromatic heterocycles. The van der Waals surface area contributed by atoms with Crippen LogP contribution in [0.1, 0.15) is 18.1 Å². The number of likely N-dealkylation sites (N-methyl/N-ethyl adjacent to an activating group) is 1. The zero-order valence-electron chi connectivity index (χ0n) is 14.3. The number of hydrogen-bond donors (Lipinski definition) is 2. The quantitative estimate of drug-likeness (QED) is 0.380. The summed E-state index contributed by atoms with van der Waals surface area (Å²) in [5.74, 6) is -1.07. The van der Waals surface area contributed by atoms with E-state index >= 15 is 0 Å². The van der Waals surface area contributed by atoms with E-state index in [1.54, 1.807) is 37.3 Å². The van der Waals surface area contributed by atoms with Crippen molar-refractivity contribution in [2.24, 2.45) is 5.10 Å². The van der Waals surface area contributed by atoms with E-state index in [9.17, 15) is 9.59 Å². The Morgan fingerprint density at radius 2 is 1.96 bits per heavy atom. The number of amides is 2. The predicted molar refractivity (Wildman–Crippen MR) is 109 cm³/mol. The van der Waals surface area contributed by atoms with Crippen LogP contribution in [0.3, 0.4) is 0 Å².